The topological polar surface area (TPSA) is 42.9 Å². The Hall–Kier alpha value is -7.86. The lowest BCUT2D eigenvalue weighted by Gasteiger charge is -2.16. The number of para-hydroxylation sites is 4. The first-order chi connectivity index (χ1) is 27.2. The first-order valence-electron chi connectivity index (χ1n) is 18.3. The SMILES string of the molecule is [C-]#[N+]c1ccc2c3ccccc3n(-c3cccc(-c4cc(C#N)ccc4-n4c5ccccc5c5c(-n6c7ccccc7c7ccccc76)cccc54)c3)c2c1. The normalized spacial score (nSPS) is 11.6. The van der Waals surface area contributed by atoms with E-state index in [2.05, 4.69) is 176 Å². The smallest absolute Gasteiger partial charge is 0.189 e. The third-order valence-electron chi connectivity index (χ3n) is 11.1. The first kappa shape index (κ1) is 30.7. The van der Waals surface area contributed by atoms with E-state index in [4.69, 9.17) is 6.57 Å². The highest BCUT2D eigenvalue weighted by Crippen LogP contribution is 2.42. The lowest BCUT2D eigenvalue weighted by molar-refractivity contribution is 1.16. The molecule has 55 heavy (non-hydrogen) atoms. The van der Waals surface area contributed by atoms with E-state index in [0.29, 0.717) is 11.3 Å². The molecule has 0 aliphatic rings. The first-order valence-corrected chi connectivity index (χ1v) is 18.3. The van der Waals surface area contributed by atoms with Crippen LogP contribution in [0.15, 0.2) is 176 Å². The largest absolute Gasteiger partial charge is 0.310 e. The highest BCUT2D eigenvalue weighted by Gasteiger charge is 2.21. The fourth-order valence-electron chi connectivity index (χ4n) is 8.78. The fourth-order valence-corrected chi connectivity index (χ4v) is 8.78. The summed E-state index contributed by atoms with van der Waals surface area (Å²) in [5, 5.41) is 17.2. The van der Waals surface area contributed by atoms with Crippen molar-refractivity contribution in [3.63, 3.8) is 0 Å². The van der Waals surface area contributed by atoms with Gasteiger partial charge in [0.05, 0.1) is 57.2 Å². The van der Waals surface area contributed by atoms with Gasteiger partial charge in [0.15, 0.2) is 5.69 Å². The summed E-state index contributed by atoms with van der Waals surface area (Å²) >= 11 is 0. The predicted molar refractivity (Wildman–Crippen MR) is 226 cm³/mol. The minimum Gasteiger partial charge on any atom is -0.310 e. The molecule has 5 nitrogen and oxygen atoms in total. The molecule has 0 amide bonds. The van der Waals surface area contributed by atoms with E-state index in [1.807, 2.05) is 24.3 Å². The number of nitriles is 1. The molecule has 8 aromatic carbocycles. The summed E-state index contributed by atoms with van der Waals surface area (Å²) in [6, 6.07) is 63.7. The van der Waals surface area contributed by atoms with Gasteiger partial charge in [-0.3, -0.25) is 0 Å². The van der Waals surface area contributed by atoms with Gasteiger partial charge in [-0.1, -0.05) is 103 Å². The van der Waals surface area contributed by atoms with Crippen molar-refractivity contribution < 1.29 is 0 Å². The Labute approximate surface area is 316 Å². The van der Waals surface area contributed by atoms with Crippen LogP contribution >= 0.6 is 0 Å². The Bertz CT molecular complexity index is 3420. The van der Waals surface area contributed by atoms with Crippen LogP contribution in [0.3, 0.4) is 0 Å². The van der Waals surface area contributed by atoms with E-state index < -0.39 is 0 Å². The highest BCUT2D eigenvalue weighted by atomic mass is 15.0. The molecular formula is C50H29N5. The summed E-state index contributed by atoms with van der Waals surface area (Å²) < 4.78 is 7.00. The number of benzene rings is 8. The highest BCUT2D eigenvalue weighted by molar-refractivity contribution is 6.17. The second kappa shape index (κ2) is 11.8. The van der Waals surface area contributed by atoms with Crippen molar-refractivity contribution >= 4 is 71.1 Å². The standard InChI is InChI=1S/C50H29N5/c1-52-34-25-26-39-38-16-2-6-18-42(38)53(49(39)30-34)35-13-10-12-33(29-35)41-28-32(31-51)24-27-46(41)55-45-21-9-5-17-40(45)50-47(22-11-23-48(50)55)54-43-19-7-3-14-36(43)37-15-4-8-20-44(37)54/h2-30H. The number of hydrogen-bond donors (Lipinski definition) is 0. The van der Waals surface area contributed by atoms with Crippen LogP contribution in [-0.2, 0) is 0 Å². The van der Waals surface area contributed by atoms with E-state index in [1.54, 1.807) is 0 Å². The molecule has 0 atom stereocenters. The van der Waals surface area contributed by atoms with Crippen LogP contribution in [0.5, 0.6) is 0 Å². The lowest BCUT2D eigenvalue weighted by atomic mass is 10.00. The van der Waals surface area contributed by atoms with Gasteiger partial charge >= 0.3 is 0 Å². The zero-order chi connectivity index (χ0) is 36.6. The van der Waals surface area contributed by atoms with E-state index >= 15 is 0 Å². The van der Waals surface area contributed by atoms with Gasteiger partial charge in [0.25, 0.3) is 0 Å². The van der Waals surface area contributed by atoms with Crippen molar-refractivity contribution in [3.8, 4) is 34.3 Å². The number of hydrogen-bond acceptors (Lipinski definition) is 1. The van der Waals surface area contributed by atoms with Crippen molar-refractivity contribution in [2.45, 2.75) is 0 Å². The summed E-state index contributed by atoms with van der Waals surface area (Å²) in [5.41, 5.74) is 12.8. The molecule has 11 aromatic rings. The van der Waals surface area contributed by atoms with Gasteiger partial charge in [-0.15, -0.1) is 0 Å². The summed E-state index contributed by atoms with van der Waals surface area (Å²) in [6.07, 6.45) is 0. The molecule has 0 aliphatic heterocycles. The molecule has 0 bridgehead atoms. The van der Waals surface area contributed by atoms with E-state index in [-0.39, 0.29) is 0 Å². The second-order valence-corrected chi connectivity index (χ2v) is 14.0. The van der Waals surface area contributed by atoms with Crippen LogP contribution in [0.1, 0.15) is 5.56 Å². The lowest BCUT2D eigenvalue weighted by Crippen LogP contribution is -2.00. The third-order valence-corrected chi connectivity index (χ3v) is 11.1. The third kappa shape index (κ3) is 4.45. The molecule has 0 aliphatic carbocycles. The van der Waals surface area contributed by atoms with Crippen LogP contribution in [0.2, 0.25) is 0 Å². The molecule has 0 N–H and O–H groups in total. The molecule has 3 heterocycles. The monoisotopic (exact) mass is 699 g/mol. The van der Waals surface area contributed by atoms with E-state index in [9.17, 15) is 5.26 Å². The van der Waals surface area contributed by atoms with Crippen LogP contribution < -0.4 is 0 Å². The number of nitrogens with zero attached hydrogens (tertiary/aromatic N) is 5. The quantitative estimate of drug-likeness (QED) is 0.169. The van der Waals surface area contributed by atoms with Gasteiger partial charge in [-0.2, -0.15) is 5.26 Å². The Kier molecular flexibility index (Phi) is 6.61. The van der Waals surface area contributed by atoms with E-state index in [0.717, 1.165) is 82.8 Å². The fraction of sp³-hybridized carbons (Fsp3) is 0. The summed E-state index contributed by atoms with van der Waals surface area (Å²) in [4.78, 5) is 3.75. The van der Waals surface area contributed by atoms with Crippen molar-refractivity contribution in [1.82, 2.24) is 13.7 Å². The molecule has 0 saturated heterocycles. The van der Waals surface area contributed by atoms with Crippen molar-refractivity contribution in [3.05, 3.63) is 193 Å². The van der Waals surface area contributed by atoms with Crippen LogP contribution in [0.25, 0.3) is 98.5 Å². The molecule has 5 heteroatoms. The Morgan fingerprint density at radius 1 is 0.436 bits per heavy atom. The molecule has 0 saturated carbocycles. The van der Waals surface area contributed by atoms with Gasteiger partial charge in [0, 0.05) is 49.1 Å². The second-order valence-electron chi connectivity index (χ2n) is 14.0. The molecule has 11 rings (SSSR count). The molecule has 3 aromatic heterocycles. The molecule has 0 fully saturated rings. The van der Waals surface area contributed by atoms with Crippen molar-refractivity contribution in [1.29, 1.82) is 5.26 Å². The van der Waals surface area contributed by atoms with Crippen molar-refractivity contribution in [2.24, 2.45) is 0 Å². The summed E-state index contributed by atoms with van der Waals surface area (Å²) in [7, 11) is 0. The average Bonchev–Trinajstić information content (AvgIpc) is 3.89. The predicted octanol–water partition coefficient (Wildman–Crippen LogP) is 13.1. The number of rotatable bonds is 4. The maximum absolute atomic E-state index is 10.2. The minimum absolute atomic E-state index is 0.592. The summed E-state index contributed by atoms with van der Waals surface area (Å²) in [6.45, 7) is 7.73. The van der Waals surface area contributed by atoms with Gasteiger partial charge in [-0.25, -0.2) is 4.85 Å². The zero-order valence-corrected chi connectivity index (χ0v) is 29.5. The Morgan fingerprint density at radius 3 is 1.67 bits per heavy atom. The zero-order valence-electron chi connectivity index (χ0n) is 29.5. The average molecular weight is 700 g/mol. The Balaban J connectivity index is 1.19. The van der Waals surface area contributed by atoms with Gasteiger partial charge in [0.2, 0.25) is 0 Å². The molecule has 0 spiro atoms. The van der Waals surface area contributed by atoms with E-state index in [1.165, 1.54) is 10.8 Å². The van der Waals surface area contributed by atoms with Crippen LogP contribution in [-0.4, -0.2) is 13.7 Å². The molecule has 0 radical (unpaired) electrons. The van der Waals surface area contributed by atoms with Gasteiger partial charge < -0.3 is 13.7 Å². The molecule has 254 valence electrons. The number of fused-ring (bicyclic) bond motifs is 9. The Morgan fingerprint density at radius 2 is 1.00 bits per heavy atom. The molecule has 0 unspecified atom stereocenters. The van der Waals surface area contributed by atoms with Gasteiger partial charge in [0.1, 0.15) is 0 Å². The summed E-state index contributed by atoms with van der Waals surface area (Å²) in [5.74, 6) is 0. The molecular weight excluding hydrogens is 671 g/mol. The maximum atomic E-state index is 10.2. The number of aromatic nitrogens is 3. The minimum atomic E-state index is 0.592. The van der Waals surface area contributed by atoms with Crippen LogP contribution in [0.4, 0.5) is 5.69 Å². The maximum Gasteiger partial charge on any atom is 0.189 e. The van der Waals surface area contributed by atoms with Gasteiger partial charge in [-0.05, 0) is 78.4 Å². The van der Waals surface area contributed by atoms with Crippen LogP contribution in [0, 0.1) is 17.9 Å². The van der Waals surface area contributed by atoms with Crippen molar-refractivity contribution in [2.75, 3.05) is 0 Å².